The maximum absolute atomic E-state index is 14.0. The molecule has 0 spiro atoms. The largest absolute Gasteiger partial charge is 0.494 e. The zero-order valence-electron chi connectivity index (χ0n) is 14.4. The number of nitrogens with zero attached hydrogens (tertiary/aromatic N) is 3. The lowest BCUT2D eigenvalue weighted by atomic mass is 10.1. The van der Waals surface area contributed by atoms with Crippen LogP contribution in [-0.4, -0.2) is 42.7 Å². The lowest BCUT2D eigenvalue weighted by Gasteiger charge is -2.28. The van der Waals surface area contributed by atoms with Crippen molar-refractivity contribution in [3.63, 3.8) is 0 Å². The van der Waals surface area contributed by atoms with E-state index in [0.717, 1.165) is 31.7 Å². The summed E-state index contributed by atoms with van der Waals surface area (Å²) in [5.41, 5.74) is 1.82. The Balaban J connectivity index is 1.74. The Hall–Kier alpha value is -2.93. The van der Waals surface area contributed by atoms with E-state index in [0.29, 0.717) is 17.0 Å². The molecule has 1 aromatic carbocycles. The maximum Gasteiger partial charge on any atom is 0.259 e. The van der Waals surface area contributed by atoms with Gasteiger partial charge in [0, 0.05) is 38.4 Å². The van der Waals surface area contributed by atoms with Gasteiger partial charge in [0.15, 0.2) is 11.6 Å². The highest BCUT2D eigenvalue weighted by Gasteiger charge is 2.14. The predicted molar refractivity (Wildman–Crippen MR) is 98.5 cm³/mol. The molecule has 0 amide bonds. The van der Waals surface area contributed by atoms with Gasteiger partial charge in [-0.2, -0.15) is 0 Å². The van der Waals surface area contributed by atoms with Crippen LogP contribution in [0, 0.1) is 5.82 Å². The van der Waals surface area contributed by atoms with Gasteiger partial charge in [0.05, 0.1) is 7.11 Å². The fourth-order valence-electron chi connectivity index (χ4n) is 3.16. The molecule has 3 heterocycles. The third kappa shape index (κ3) is 3.01. The molecule has 1 aliphatic rings. The number of benzene rings is 1. The summed E-state index contributed by atoms with van der Waals surface area (Å²) in [6.45, 7) is 3.41. The van der Waals surface area contributed by atoms with Crippen LogP contribution in [-0.2, 0) is 0 Å². The second kappa shape index (κ2) is 6.76. The van der Waals surface area contributed by atoms with Gasteiger partial charge < -0.3 is 15.0 Å². The van der Waals surface area contributed by atoms with Gasteiger partial charge in [0.2, 0.25) is 0 Å². The normalized spacial score (nSPS) is 14.6. The summed E-state index contributed by atoms with van der Waals surface area (Å²) in [4.78, 5) is 19.3. The van der Waals surface area contributed by atoms with E-state index in [1.54, 1.807) is 30.5 Å². The Bertz CT molecular complexity index is 1010. The topological polar surface area (TPSA) is 58.9 Å². The summed E-state index contributed by atoms with van der Waals surface area (Å²) < 4.78 is 20.4. The molecular weight excluding hydrogens is 335 g/mol. The number of pyridine rings is 1. The predicted octanol–water partition coefficient (Wildman–Crippen LogP) is 1.92. The number of hydrogen-bond donors (Lipinski definition) is 1. The number of methoxy groups -OCH3 is 1. The van der Waals surface area contributed by atoms with Crippen molar-refractivity contribution in [2.24, 2.45) is 0 Å². The van der Waals surface area contributed by atoms with Crippen molar-refractivity contribution in [1.29, 1.82) is 0 Å². The minimum atomic E-state index is -0.440. The van der Waals surface area contributed by atoms with Crippen LogP contribution in [0.5, 0.6) is 5.75 Å². The fourth-order valence-corrected chi connectivity index (χ4v) is 3.16. The summed E-state index contributed by atoms with van der Waals surface area (Å²) in [6.07, 6.45) is 1.69. The summed E-state index contributed by atoms with van der Waals surface area (Å²) in [5, 5.41) is 3.28. The molecular formula is C19H19FN4O2. The molecule has 1 aliphatic heterocycles. The maximum atomic E-state index is 14.0. The minimum absolute atomic E-state index is 0.153. The number of halogens is 1. The number of anilines is 1. The van der Waals surface area contributed by atoms with Gasteiger partial charge in [-0.15, -0.1) is 0 Å². The van der Waals surface area contributed by atoms with E-state index >= 15 is 0 Å². The third-order valence-corrected chi connectivity index (χ3v) is 4.57. The van der Waals surface area contributed by atoms with Crippen molar-refractivity contribution in [3.8, 4) is 16.9 Å². The number of fused-ring (bicyclic) bond motifs is 1. The monoisotopic (exact) mass is 354 g/mol. The molecule has 0 radical (unpaired) electrons. The Kier molecular flexibility index (Phi) is 4.30. The molecule has 2 aromatic heterocycles. The molecule has 1 saturated heterocycles. The number of piperazine rings is 1. The van der Waals surface area contributed by atoms with E-state index in [1.165, 1.54) is 17.6 Å². The molecule has 0 aliphatic carbocycles. The van der Waals surface area contributed by atoms with Crippen LogP contribution in [0.4, 0.5) is 10.2 Å². The molecule has 0 atom stereocenters. The lowest BCUT2D eigenvalue weighted by Crippen LogP contribution is -2.44. The molecule has 4 rings (SSSR count). The molecule has 1 N–H and O–H groups in total. The van der Waals surface area contributed by atoms with Crippen LogP contribution in [0.15, 0.2) is 47.4 Å². The molecule has 0 saturated carbocycles. The van der Waals surface area contributed by atoms with Gasteiger partial charge in [0.25, 0.3) is 5.56 Å². The first kappa shape index (κ1) is 16.5. The molecule has 6 nitrogen and oxygen atoms in total. The highest BCUT2D eigenvalue weighted by atomic mass is 19.1. The molecule has 0 bridgehead atoms. The van der Waals surface area contributed by atoms with E-state index < -0.39 is 5.82 Å². The number of nitrogens with one attached hydrogen (secondary N) is 1. The molecule has 26 heavy (non-hydrogen) atoms. The first-order valence-corrected chi connectivity index (χ1v) is 8.49. The zero-order chi connectivity index (χ0) is 18.1. The van der Waals surface area contributed by atoms with E-state index in [-0.39, 0.29) is 11.3 Å². The first-order valence-electron chi connectivity index (χ1n) is 8.49. The van der Waals surface area contributed by atoms with Crippen LogP contribution >= 0.6 is 0 Å². The van der Waals surface area contributed by atoms with Crippen molar-refractivity contribution in [1.82, 2.24) is 14.7 Å². The van der Waals surface area contributed by atoms with Gasteiger partial charge in [-0.1, -0.05) is 6.07 Å². The summed E-state index contributed by atoms with van der Waals surface area (Å²) in [5.74, 6) is 0.443. The Labute approximate surface area is 149 Å². The van der Waals surface area contributed by atoms with Crippen LogP contribution < -0.4 is 20.5 Å². The van der Waals surface area contributed by atoms with Crippen molar-refractivity contribution >= 4 is 11.5 Å². The van der Waals surface area contributed by atoms with Crippen LogP contribution in [0.2, 0.25) is 0 Å². The quantitative estimate of drug-likeness (QED) is 0.779. The van der Waals surface area contributed by atoms with Crippen LogP contribution in [0.25, 0.3) is 16.8 Å². The molecule has 1 fully saturated rings. The fraction of sp³-hybridized carbons (Fsp3) is 0.263. The highest BCUT2D eigenvalue weighted by Crippen LogP contribution is 2.25. The SMILES string of the molecule is COc1ccc(-c2ccc3nc(N4CCNCC4)cc(=O)n3c2)cc1F. The van der Waals surface area contributed by atoms with Crippen molar-refractivity contribution in [2.45, 2.75) is 0 Å². The second-order valence-electron chi connectivity index (χ2n) is 6.18. The molecule has 7 heteroatoms. The first-order chi connectivity index (χ1) is 12.7. The summed E-state index contributed by atoms with van der Waals surface area (Å²) >= 11 is 0. The van der Waals surface area contributed by atoms with Gasteiger partial charge in [-0.3, -0.25) is 9.20 Å². The lowest BCUT2D eigenvalue weighted by molar-refractivity contribution is 0.386. The molecule has 134 valence electrons. The van der Waals surface area contributed by atoms with Crippen molar-refractivity contribution in [2.75, 3.05) is 38.2 Å². The van der Waals surface area contributed by atoms with E-state index in [2.05, 4.69) is 15.2 Å². The van der Waals surface area contributed by atoms with E-state index in [1.807, 2.05) is 6.07 Å². The standard InChI is InChI=1S/C19H19FN4O2/c1-26-16-4-2-13(10-15(16)20)14-3-5-17-22-18(11-19(25)24(17)12-14)23-8-6-21-7-9-23/h2-5,10-12,21H,6-9H2,1H3. The number of rotatable bonds is 3. The van der Waals surface area contributed by atoms with Gasteiger partial charge in [0.1, 0.15) is 11.5 Å². The van der Waals surface area contributed by atoms with Crippen LogP contribution in [0.1, 0.15) is 0 Å². The van der Waals surface area contributed by atoms with Crippen molar-refractivity contribution < 1.29 is 9.13 Å². The third-order valence-electron chi connectivity index (χ3n) is 4.57. The smallest absolute Gasteiger partial charge is 0.259 e. The minimum Gasteiger partial charge on any atom is -0.494 e. The highest BCUT2D eigenvalue weighted by molar-refractivity contribution is 5.66. The van der Waals surface area contributed by atoms with Gasteiger partial charge in [-0.25, -0.2) is 9.37 Å². The van der Waals surface area contributed by atoms with E-state index in [4.69, 9.17) is 4.74 Å². The molecule has 0 unspecified atom stereocenters. The Morgan fingerprint density at radius 2 is 1.88 bits per heavy atom. The zero-order valence-corrected chi connectivity index (χ0v) is 14.4. The van der Waals surface area contributed by atoms with Crippen LogP contribution in [0.3, 0.4) is 0 Å². The Morgan fingerprint density at radius 3 is 2.62 bits per heavy atom. The van der Waals surface area contributed by atoms with Crippen molar-refractivity contribution in [3.05, 3.63) is 58.8 Å². The summed E-state index contributed by atoms with van der Waals surface area (Å²) in [6, 6.07) is 9.90. The second-order valence-corrected chi connectivity index (χ2v) is 6.18. The average molecular weight is 354 g/mol. The number of aromatic nitrogens is 2. The Morgan fingerprint density at radius 1 is 1.12 bits per heavy atom. The number of hydrogen-bond acceptors (Lipinski definition) is 5. The number of ether oxygens (including phenoxy) is 1. The average Bonchev–Trinajstić information content (AvgIpc) is 2.68. The van der Waals surface area contributed by atoms with Gasteiger partial charge >= 0.3 is 0 Å². The molecule has 3 aromatic rings. The van der Waals surface area contributed by atoms with E-state index in [9.17, 15) is 9.18 Å². The summed E-state index contributed by atoms with van der Waals surface area (Å²) in [7, 11) is 1.43. The van der Waals surface area contributed by atoms with Gasteiger partial charge in [-0.05, 0) is 35.4 Å².